The standard InChI is InChI=1S/C12H10N4O3S.ClH/c1-18-8-4-2-7(3-5-8)16-10(11(17)19-15-16)9-6-20-12(13)14-9;/h2-6H,1H3,(H2-,13,14,15,17);1H. The molecule has 0 fully saturated rings. The highest BCUT2D eigenvalue weighted by atomic mass is 35.5. The number of anilines is 1. The molecule has 0 bridgehead atoms. The number of nitrogens with two attached hydrogens (primary N) is 1. The van der Waals surface area contributed by atoms with E-state index in [-0.39, 0.29) is 18.1 Å². The van der Waals surface area contributed by atoms with E-state index >= 15 is 0 Å². The number of benzene rings is 1. The van der Waals surface area contributed by atoms with Gasteiger partial charge in [0.15, 0.2) is 16.8 Å². The molecule has 0 saturated heterocycles. The zero-order chi connectivity index (χ0) is 14.1. The van der Waals surface area contributed by atoms with Crippen molar-refractivity contribution >= 4 is 28.9 Å². The number of methoxy groups -OCH3 is 1. The first-order chi connectivity index (χ1) is 9.69. The Bertz CT molecular complexity index is 741. The Morgan fingerprint density at radius 2 is 2.05 bits per heavy atom. The van der Waals surface area contributed by atoms with E-state index in [0.717, 1.165) is 0 Å². The van der Waals surface area contributed by atoms with Crippen molar-refractivity contribution in [1.29, 1.82) is 0 Å². The summed E-state index contributed by atoms with van der Waals surface area (Å²) >= 11 is 1.25. The van der Waals surface area contributed by atoms with Crippen molar-refractivity contribution in [1.82, 2.24) is 10.3 Å². The van der Waals surface area contributed by atoms with E-state index in [1.54, 1.807) is 36.8 Å². The van der Waals surface area contributed by atoms with E-state index < -0.39 is 5.95 Å². The molecule has 2 N–H and O–H groups in total. The van der Waals surface area contributed by atoms with Gasteiger partial charge >= 0.3 is 0 Å². The molecule has 0 aliphatic rings. The van der Waals surface area contributed by atoms with Gasteiger partial charge in [0.05, 0.1) is 12.4 Å². The molecule has 0 radical (unpaired) electrons. The van der Waals surface area contributed by atoms with E-state index in [9.17, 15) is 5.11 Å². The topological polar surface area (TPSA) is 101 Å². The van der Waals surface area contributed by atoms with Crippen LogP contribution in [-0.4, -0.2) is 17.4 Å². The molecule has 0 aliphatic heterocycles. The van der Waals surface area contributed by atoms with Crippen LogP contribution in [0.1, 0.15) is 0 Å². The van der Waals surface area contributed by atoms with Crippen LogP contribution < -0.4 is 20.3 Å². The van der Waals surface area contributed by atoms with Gasteiger partial charge < -0.3 is 20.1 Å². The molecule has 0 atom stereocenters. The predicted molar refractivity (Wildman–Crippen MR) is 76.8 cm³/mol. The molecule has 3 rings (SSSR count). The number of hydrogen-bond acceptors (Lipinski definition) is 7. The first-order valence-electron chi connectivity index (χ1n) is 5.64. The van der Waals surface area contributed by atoms with Crippen LogP contribution in [0.25, 0.3) is 17.1 Å². The second-order valence-electron chi connectivity index (χ2n) is 3.89. The molecule has 2 heterocycles. The lowest BCUT2D eigenvalue weighted by Gasteiger charge is -1.98. The van der Waals surface area contributed by atoms with E-state index in [1.807, 2.05) is 0 Å². The highest BCUT2D eigenvalue weighted by Crippen LogP contribution is 2.26. The molecule has 2 aromatic heterocycles. The fourth-order valence-electron chi connectivity index (χ4n) is 1.76. The number of nitrogen functional groups attached to an aromatic ring is 1. The van der Waals surface area contributed by atoms with Crippen molar-refractivity contribution in [3.63, 3.8) is 0 Å². The Morgan fingerprint density at radius 3 is 2.62 bits per heavy atom. The summed E-state index contributed by atoms with van der Waals surface area (Å²) in [5, 5.41) is 17.6. The van der Waals surface area contributed by atoms with Crippen molar-refractivity contribution in [3.05, 3.63) is 29.6 Å². The second-order valence-corrected chi connectivity index (χ2v) is 4.78. The zero-order valence-corrected chi connectivity index (χ0v) is 12.5. The first kappa shape index (κ1) is 15.1. The van der Waals surface area contributed by atoms with Crippen LogP contribution in [0, 0.1) is 0 Å². The summed E-state index contributed by atoms with van der Waals surface area (Å²) in [5.41, 5.74) is 6.93. The molecule has 7 nitrogen and oxygen atoms in total. The molecule has 1 aromatic carbocycles. The first-order valence-corrected chi connectivity index (χ1v) is 6.52. The number of ether oxygens (including phenoxy) is 1. The molecule has 21 heavy (non-hydrogen) atoms. The third-order valence-corrected chi connectivity index (χ3v) is 3.37. The normalized spacial score (nSPS) is 10.1. The summed E-state index contributed by atoms with van der Waals surface area (Å²) in [4.78, 5) is 4.08. The van der Waals surface area contributed by atoms with Crippen LogP contribution in [-0.2, 0) is 0 Å². The number of aromatic nitrogens is 3. The largest absolute Gasteiger partial charge is 0.539 e. The average molecular weight is 327 g/mol. The minimum absolute atomic E-state index is 0. The van der Waals surface area contributed by atoms with E-state index in [4.69, 9.17) is 15.0 Å². The van der Waals surface area contributed by atoms with Crippen molar-refractivity contribution in [2.24, 2.45) is 0 Å². The van der Waals surface area contributed by atoms with Crippen molar-refractivity contribution in [2.75, 3.05) is 12.8 Å². The Labute approximate surface area is 130 Å². The number of rotatable bonds is 3. The average Bonchev–Trinajstić information content (AvgIpc) is 3.05. The number of nitrogens with zero attached hydrogens (tertiary/aromatic N) is 3. The van der Waals surface area contributed by atoms with Gasteiger partial charge in [0.1, 0.15) is 5.75 Å². The maximum Gasteiger partial charge on any atom is 0.289 e. The van der Waals surface area contributed by atoms with Gasteiger partial charge in [-0.2, -0.15) is 0 Å². The monoisotopic (exact) mass is 326 g/mol. The predicted octanol–water partition coefficient (Wildman–Crippen LogP) is 1.16. The van der Waals surface area contributed by atoms with E-state index in [2.05, 4.69) is 10.3 Å². The highest BCUT2D eigenvalue weighted by Gasteiger charge is 2.24. The lowest BCUT2D eigenvalue weighted by molar-refractivity contribution is -0.660. The quantitative estimate of drug-likeness (QED) is 0.725. The fourth-order valence-corrected chi connectivity index (χ4v) is 2.31. The zero-order valence-electron chi connectivity index (χ0n) is 10.8. The van der Waals surface area contributed by atoms with Crippen LogP contribution in [0.15, 0.2) is 34.2 Å². The van der Waals surface area contributed by atoms with Gasteiger partial charge in [0, 0.05) is 17.5 Å². The third-order valence-electron chi connectivity index (χ3n) is 2.69. The fraction of sp³-hybridized carbons (Fsp3) is 0.0833. The smallest absolute Gasteiger partial charge is 0.289 e. The van der Waals surface area contributed by atoms with Crippen LogP contribution in [0.4, 0.5) is 5.13 Å². The number of thiazole rings is 1. The Hall–Kier alpha value is -2.32. The van der Waals surface area contributed by atoms with Crippen LogP contribution in [0.2, 0.25) is 0 Å². The van der Waals surface area contributed by atoms with Crippen LogP contribution in [0.3, 0.4) is 0 Å². The van der Waals surface area contributed by atoms with E-state index in [1.165, 1.54) is 16.0 Å². The molecule has 9 heteroatoms. The third kappa shape index (κ3) is 2.76. The van der Waals surface area contributed by atoms with Gasteiger partial charge in [-0.05, 0) is 16.8 Å². The summed E-state index contributed by atoms with van der Waals surface area (Å²) in [6, 6.07) is 7.06. The maximum absolute atomic E-state index is 11.8. The second kappa shape index (κ2) is 5.98. The molecule has 0 aliphatic carbocycles. The lowest BCUT2D eigenvalue weighted by Crippen LogP contribution is -2.34. The van der Waals surface area contributed by atoms with Crippen LogP contribution >= 0.6 is 23.7 Å². The van der Waals surface area contributed by atoms with Gasteiger partial charge in [0.2, 0.25) is 5.69 Å². The van der Waals surface area contributed by atoms with Gasteiger partial charge in [-0.1, -0.05) is 0 Å². The van der Waals surface area contributed by atoms with Gasteiger partial charge in [0.25, 0.3) is 5.69 Å². The molecule has 0 amide bonds. The van der Waals surface area contributed by atoms with Crippen LogP contribution in [0.5, 0.6) is 11.7 Å². The lowest BCUT2D eigenvalue weighted by atomic mass is 10.3. The maximum atomic E-state index is 11.8. The van der Waals surface area contributed by atoms with Gasteiger partial charge in [-0.15, -0.1) is 23.7 Å². The highest BCUT2D eigenvalue weighted by molar-refractivity contribution is 7.13. The Morgan fingerprint density at radius 1 is 1.33 bits per heavy atom. The van der Waals surface area contributed by atoms with Crippen molar-refractivity contribution in [2.45, 2.75) is 0 Å². The Balaban J connectivity index is 0.00000161. The molecule has 0 saturated carbocycles. The number of halogens is 1. The number of hydrogen-bond donors (Lipinski definition) is 1. The summed E-state index contributed by atoms with van der Waals surface area (Å²) < 4.78 is 11.2. The summed E-state index contributed by atoms with van der Waals surface area (Å²) in [7, 11) is 1.58. The van der Waals surface area contributed by atoms with Gasteiger partial charge in [-0.3, -0.25) is 0 Å². The molecule has 110 valence electrons. The van der Waals surface area contributed by atoms with Crippen molar-refractivity contribution < 1.29 is 19.0 Å². The molecule has 0 spiro atoms. The van der Waals surface area contributed by atoms with Gasteiger partial charge in [-0.25, -0.2) is 4.98 Å². The molecule has 0 unspecified atom stereocenters. The molecular formula is C12H11ClN4O3S. The summed E-state index contributed by atoms with van der Waals surface area (Å²) in [6.45, 7) is 0. The minimum Gasteiger partial charge on any atom is -0.539 e. The molecular weight excluding hydrogens is 316 g/mol. The summed E-state index contributed by atoms with van der Waals surface area (Å²) in [6.07, 6.45) is 0. The van der Waals surface area contributed by atoms with E-state index in [0.29, 0.717) is 22.3 Å². The SMILES string of the molecule is COc1ccc(-[n+]2noc([O-])c2-c2csc(N)n2)cc1.Cl. The summed E-state index contributed by atoms with van der Waals surface area (Å²) in [5.74, 6) is 0.144. The minimum atomic E-state index is -0.564. The Kier molecular flexibility index (Phi) is 4.29. The van der Waals surface area contributed by atoms with Crippen molar-refractivity contribution in [3.8, 4) is 28.8 Å². The molecule has 3 aromatic rings.